The van der Waals surface area contributed by atoms with E-state index in [1.807, 2.05) is 17.0 Å². The second-order valence-corrected chi connectivity index (χ2v) is 5.03. The van der Waals surface area contributed by atoms with Crippen LogP contribution in [0.4, 0.5) is 5.69 Å². The molecule has 110 valence electrons. The highest BCUT2D eigenvalue weighted by molar-refractivity contribution is 5.80. The van der Waals surface area contributed by atoms with E-state index in [0.717, 1.165) is 12.2 Å². The Morgan fingerprint density at radius 3 is 2.38 bits per heavy atom. The molecule has 2 rings (SSSR count). The van der Waals surface area contributed by atoms with Crippen molar-refractivity contribution < 1.29 is 9.67 Å². The number of pyridine rings is 1. The number of rotatable bonds is 6. The van der Waals surface area contributed by atoms with Crippen molar-refractivity contribution in [1.82, 2.24) is 0 Å². The molecule has 0 spiro atoms. The van der Waals surface area contributed by atoms with E-state index in [0.29, 0.717) is 6.54 Å². The zero-order chi connectivity index (χ0) is 15.1. The van der Waals surface area contributed by atoms with Crippen LogP contribution in [0.15, 0.2) is 48.8 Å². The van der Waals surface area contributed by atoms with Gasteiger partial charge in [0, 0.05) is 24.4 Å². The number of aliphatic hydroxyl groups is 1. The summed E-state index contributed by atoms with van der Waals surface area (Å²) in [6.45, 7) is 5.94. The molecule has 0 atom stereocenters. The predicted molar refractivity (Wildman–Crippen MR) is 87.9 cm³/mol. The lowest BCUT2D eigenvalue weighted by atomic mass is 10.1. The van der Waals surface area contributed by atoms with E-state index in [9.17, 15) is 0 Å². The maximum atomic E-state index is 8.92. The molecule has 1 heterocycles. The van der Waals surface area contributed by atoms with Crippen molar-refractivity contribution in [2.45, 2.75) is 20.4 Å². The minimum atomic E-state index is 0.164. The minimum absolute atomic E-state index is 0.164. The fraction of sp³-hybridized carbons (Fsp3) is 0.278. The summed E-state index contributed by atoms with van der Waals surface area (Å²) >= 11 is 0. The molecule has 0 unspecified atom stereocenters. The summed E-state index contributed by atoms with van der Waals surface area (Å²) in [7, 11) is 0. The second-order valence-electron chi connectivity index (χ2n) is 5.03. The van der Waals surface area contributed by atoms with Gasteiger partial charge in [-0.25, -0.2) is 4.57 Å². The fourth-order valence-corrected chi connectivity index (χ4v) is 2.22. The molecule has 2 N–H and O–H groups in total. The van der Waals surface area contributed by atoms with Gasteiger partial charge in [0.2, 0.25) is 0 Å². The first-order valence-electron chi connectivity index (χ1n) is 7.35. The van der Waals surface area contributed by atoms with E-state index in [2.05, 4.69) is 61.6 Å². The summed E-state index contributed by atoms with van der Waals surface area (Å²) in [6.07, 6.45) is 6.18. The lowest BCUT2D eigenvalue weighted by Crippen LogP contribution is -2.34. The number of hydrogen-bond acceptors (Lipinski definition) is 2. The topological polar surface area (TPSA) is 36.1 Å². The summed E-state index contributed by atoms with van der Waals surface area (Å²) in [4.78, 5) is 0. The number of anilines is 1. The van der Waals surface area contributed by atoms with Crippen LogP contribution in [0.3, 0.4) is 0 Å². The first-order chi connectivity index (χ1) is 10.2. The number of hydrogen-bond donors (Lipinski definition) is 2. The van der Waals surface area contributed by atoms with Crippen molar-refractivity contribution in [1.29, 1.82) is 0 Å². The highest BCUT2D eigenvalue weighted by atomic mass is 16.3. The van der Waals surface area contributed by atoms with Crippen molar-refractivity contribution in [3.63, 3.8) is 0 Å². The van der Waals surface area contributed by atoms with Gasteiger partial charge in [-0.15, -0.1) is 0 Å². The monoisotopic (exact) mass is 283 g/mol. The van der Waals surface area contributed by atoms with Crippen LogP contribution in [0.25, 0.3) is 11.6 Å². The Bertz CT molecular complexity index is 586. The molecule has 21 heavy (non-hydrogen) atoms. The SMILES string of the molecule is CCNc1ccc(/C=C(\C)c2cc[n+](CCO)cc2)cc1. The van der Waals surface area contributed by atoms with Crippen LogP contribution in [0.5, 0.6) is 0 Å². The molecular formula is C18H23N2O+. The summed E-state index contributed by atoms with van der Waals surface area (Å²) in [6, 6.07) is 12.6. The average molecular weight is 283 g/mol. The average Bonchev–Trinajstić information content (AvgIpc) is 2.50. The summed E-state index contributed by atoms with van der Waals surface area (Å²) in [5, 5.41) is 12.2. The van der Waals surface area contributed by atoms with Crippen LogP contribution in [0.2, 0.25) is 0 Å². The molecule has 3 nitrogen and oxygen atoms in total. The van der Waals surface area contributed by atoms with E-state index in [-0.39, 0.29) is 6.61 Å². The Morgan fingerprint density at radius 1 is 1.14 bits per heavy atom. The highest BCUT2D eigenvalue weighted by Gasteiger charge is 2.01. The third-order valence-electron chi connectivity index (χ3n) is 3.38. The minimum Gasteiger partial charge on any atom is -0.390 e. The van der Waals surface area contributed by atoms with Gasteiger partial charge in [0.15, 0.2) is 18.9 Å². The number of nitrogens with one attached hydrogen (secondary N) is 1. The molecule has 1 aromatic carbocycles. The van der Waals surface area contributed by atoms with Gasteiger partial charge in [-0.05, 0) is 42.7 Å². The van der Waals surface area contributed by atoms with Crippen LogP contribution < -0.4 is 9.88 Å². The van der Waals surface area contributed by atoms with Gasteiger partial charge in [-0.3, -0.25) is 0 Å². The lowest BCUT2D eigenvalue weighted by molar-refractivity contribution is -0.698. The molecule has 0 radical (unpaired) electrons. The van der Waals surface area contributed by atoms with Gasteiger partial charge in [0.05, 0.1) is 0 Å². The van der Waals surface area contributed by atoms with Crippen molar-refractivity contribution in [3.05, 3.63) is 59.9 Å². The van der Waals surface area contributed by atoms with Crippen molar-refractivity contribution in [3.8, 4) is 0 Å². The quantitative estimate of drug-likeness (QED) is 0.800. The Labute approximate surface area is 126 Å². The third kappa shape index (κ3) is 4.43. The van der Waals surface area contributed by atoms with Gasteiger partial charge in [-0.2, -0.15) is 0 Å². The Kier molecular flexibility index (Phi) is 5.52. The largest absolute Gasteiger partial charge is 0.390 e. The van der Waals surface area contributed by atoms with E-state index in [4.69, 9.17) is 5.11 Å². The van der Waals surface area contributed by atoms with Crippen LogP contribution >= 0.6 is 0 Å². The zero-order valence-corrected chi connectivity index (χ0v) is 12.7. The van der Waals surface area contributed by atoms with Crippen molar-refractivity contribution >= 4 is 17.3 Å². The number of benzene rings is 1. The molecule has 0 aliphatic carbocycles. The van der Waals surface area contributed by atoms with E-state index >= 15 is 0 Å². The standard InChI is InChI=1S/C18H22N2O/c1-3-19-18-6-4-16(5-7-18)14-15(2)17-8-10-20(11-9-17)12-13-21/h4-11,14,21H,3,12-13H2,1-2H3/p+1. The lowest BCUT2D eigenvalue weighted by Gasteiger charge is -2.04. The normalized spacial score (nSPS) is 11.5. The van der Waals surface area contributed by atoms with Gasteiger partial charge in [0.1, 0.15) is 6.61 Å². The molecule has 0 aliphatic heterocycles. The molecular weight excluding hydrogens is 260 g/mol. The maximum absolute atomic E-state index is 8.92. The van der Waals surface area contributed by atoms with Crippen molar-refractivity contribution in [2.75, 3.05) is 18.5 Å². The summed E-state index contributed by atoms with van der Waals surface area (Å²) in [5.74, 6) is 0. The first-order valence-corrected chi connectivity index (χ1v) is 7.35. The fourth-order valence-electron chi connectivity index (χ4n) is 2.22. The van der Waals surface area contributed by atoms with E-state index in [1.54, 1.807) is 0 Å². The van der Waals surface area contributed by atoms with Crippen LogP contribution in [-0.2, 0) is 6.54 Å². The van der Waals surface area contributed by atoms with Crippen LogP contribution in [0, 0.1) is 0 Å². The highest BCUT2D eigenvalue weighted by Crippen LogP contribution is 2.18. The van der Waals surface area contributed by atoms with E-state index in [1.165, 1.54) is 16.7 Å². The molecule has 0 fully saturated rings. The molecule has 0 aliphatic rings. The molecule has 0 saturated carbocycles. The van der Waals surface area contributed by atoms with Gasteiger partial charge in [0.25, 0.3) is 0 Å². The van der Waals surface area contributed by atoms with E-state index < -0.39 is 0 Å². The molecule has 3 heteroatoms. The van der Waals surface area contributed by atoms with Crippen LogP contribution in [0.1, 0.15) is 25.0 Å². The Balaban J connectivity index is 2.12. The molecule has 2 aromatic rings. The maximum Gasteiger partial charge on any atom is 0.171 e. The summed E-state index contributed by atoms with van der Waals surface area (Å²) in [5.41, 5.74) is 4.76. The number of nitrogens with zero attached hydrogens (tertiary/aromatic N) is 1. The summed E-state index contributed by atoms with van der Waals surface area (Å²) < 4.78 is 1.97. The molecule has 0 bridgehead atoms. The molecule has 0 saturated heterocycles. The Morgan fingerprint density at radius 2 is 1.81 bits per heavy atom. The van der Waals surface area contributed by atoms with Gasteiger partial charge in [-0.1, -0.05) is 18.2 Å². The number of aromatic nitrogens is 1. The van der Waals surface area contributed by atoms with Gasteiger partial charge < -0.3 is 10.4 Å². The predicted octanol–water partition coefficient (Wildman–Crippen LogP) is 2.96. The molecule has 1 aromatic heterocycles. The van der Waals surface area contributed by atoms with Gasteiger partial charge >= 0.3 is 0 Å². The van der Waals surface area contributed by atoms with Crippen molar-refractivity contribution in [2.24, 2.45) is 0 Å². The smallest absolute Gasteiger partial charge is 0.171 e. The first kappa shape index (κ1) is 15.3. The number of allylic oxidation sites excluding steroid dienone is 1. The second kappa shape index (κ2) is 7.60. The third-order valence-corrected chi connectivity index (χ3v) is 3.38. The van der Waals surface area contributed by atoms with Crippen LogP contribution in [-0.4, -0.2) is 18.3 Å². The number of aliphatic hydroxyl groups excluding tert-OH is 1. The zero-order valence-electron chi connectivity index (χ0n) is 12.7. The molecule has 0 amide bonds. The Hall–Kier alpha value is -2.13.